The van der Waals surface area contributed by atoms with Gasteiger partial charge in [-0.1, -0.05) is 0 Å². The SMILES string of the molecule is CCn1cc(CCN(C)C)c2c(OC)c(CCCO)cc(F)c21. The van der Waals surface area contributed by atoms with Crippen molar-refractivity contribution in [3.63, 3.8) is 0 Å². The Labute approximate surface area is 137 Å². The maximum atomic E-state index is 14.7. The Morgan fingerprint density at radius 3 is 2.57 bits per heavy atom. The summed E-state index contributed by atoms with van der Waals surface area (Å²) in [6, 6.07) is 1.55. The number of hydrogen-bond acceptors (Lipinski definition) is 3. The molecule has 0 saturated heterocycles. The van der Waals surface area contributed by atoms with Gasteiger partial charge in [0.1, 0.15) is 11.6 Å². The summed E-state index contributed by atoms with van der Waals surface area (Å²) < 4.78 is 22.3. The zero-order valence-electron chi connectivity index (χ0n) is 14.5. The maximum Gasteiger partial charge on any atom is 0.148 e. The largest absolute Gasteiger partial charge is 0.496 e. The molecule has 2 aromatic rings. The van der Waals surface area contributed by atoms with Crippen molar-refractivity contribution in [2.45, 2.75) is 32.7 Å². The van der Waals surface area contributed by atoms with Gasteiger partial charge in [-0.05, 0) is 57.5 Å². The van der Waals surface area contributed by atoms with Crippen LogP contribution in [0.3, 0.4) is 0 Å². The Balaban J connectivity index is 2.63. The van der Waals surface area contributed by atoms with Crippen molar-refractivity contribution in [1.82, 2.24) is 9.47 Å². The molecule has 1 aromatic carbocycles. The Kier molecular flexibility index (Phi) is 6.02. The highest BCUT2D eigenvalue weighted by atomic mass is 19.1. The third-order valence-corrected chi connectivity index (χ3v) is 4.18. The van der Waals surface area contributed by atoms with Gasteiger partial charge in [0.2, 0.25) is 0 Å². The maximum absolute atomic E-state index is 14.7. The second-order valence-electron chi connectivity index (χ2n) is 6.10. The first-order valence-corrected chi connectivity index (χ1v) is 8.16. The first kappa shape index (κ1) is 17.8. The van der Waals surface area contributed by atoms with Crippen LogP contribution >= 0.6 is 0 Å². The van der Waals surface area contributed by atoms with Crippen molar-refractivity contribution >= 4 is 10.9 Å². The van der Waals surface area contributed by atoms with Crippen molar-refractivity contribution in [3.8, 4) is 5.75 Å². The minimum Gasteiger partial charge on any atom is -0.496 e. The van der Waals surface area contributed by atoms with Gasteiger partial charge in [0, 0.05) is 31.3 Å². The first-order chi connectivity index (χ1) is 11.0. The average molecular weight is 322 g/mol. The van der Waals surface area contributed by atoms with Crippen LogP contribution in [-0.4, -0.2) is 48.9 Å². The van der Waals surface area contributed by atoms with Gasteiger partial charge in [0.25, 0.3) is 0 Å². The summed E-state index contributed by atoms with van der Waals surface area (Å²) >= 11 is 0. The van der Waals surface area contributed by atoms with E-state index in [1.807, 2.05) is 31.8 Å². The predicted molar refractivity (Wildman–Crippen MR) is 91.8 cm³/mol. The minimum atomic E-state index is -0.216. The van der Waals surface area contributed by atoms with E-state index in [0.29, 0.717) is 24.9 Å². The summed E-state index contributed by atoms with van der Waals surface area (Å²) in [5.41, 5.74) is 2.55. The number of fused-ring (bicyclic) bond motifs is 1. The molecule has 0 atom stereocenters. The average Bonchev–Trinajstić information content (AvgIpc) is 2.90. The van der Waals surface area contributed by atoms with E-state index in [1.165, 1.54) is 0 Å². The third-order valence-electron chi connectivity index (χ3n) is 4.18. The van der Waals surface area contributed by atoms with Crippen LogP contribution in [0.5, 0.6) is 5.75 Å². The van der Waals surface area contributed by atoms with Crippen LogP contribution < -0.4 is 4.74 Å². The van der Waals surface area contributed by atoms with Gasteiger partial charge in [-0.15, -0.1) is 0 Å². The molecule has 0 saturated carbocycles. The number of methoxy groups -OCH3 is 1. The molecule has 0 spiro atoms. The van der Waals surface area contributed by atoms with Gasteiger partial charge in [-0.3, -0.25) is 0 Å². The van der Waals surface area contributed by atoms with Crippen LogP contribution in [0.15, 0.2) is 12.3 Å². The molecular formula is C18H27FN2O2. The van der Waals surface area contributed by atoms with Crippen molar-refractivity contribution in [3.05, 3.63) is 29.2 Å². The van der Waals surface area contributed by atoms with Gasteiger partial charge in [-0.25, -0.2) is 4.39 Å². The lowest BCUT2D eigenvalue weighted by molar-refractivity contribution is 0.287. The molecule has 23 heavy (non-hydrogen) atoms. The normalized spacial score (nSPS) is 11.6. The number of aliphatic hydroxyl groups excluding tert-OH is 1. The van der Waals surface area contributed by atoms with E-state index in [9.17, 15) is 4.39 Å². The van der Waals surface area contributed by atoms with E-state index in [1.54, 1.807) is 13.2 Å². The van der Waals surface area contributed by atoms with Crippen molar-refractivity contribution in [2.24, 2.45) is 0 Å². The summed E-state index contributed by atoms with van der Waals surface area (Å²) in [6.07, 6.45) is 4.09. The zero-order valence-corrected chi connectivity index (χ0v) is 14.5. The first-order valence-electron chi connectivity index (χ1n) is 8.16. The van der Waals surface area contributed by atoms with Gasteiger partial charge in [-0.2, -0.15) is 0 Å². The number of ether oxygens (including phenoxy) is 1. The molecule has 0 bridgehead atoms. The molecule has 0 aliphatic rings. The molecule has 0 amide bonds. The third kappa shape index (κ3) is 3.67. The molecule has 0 unspecified atom stereocenters. The standard InChI is InChI=1S/C18H27FN2O2/c1-5-21-12-14(8-9-20(2)3)16-17(21)15(19)11-13(7-6-10-22)18(16)23-4/h11-12,22H,5-10H2,1-4H3. The monoisotopic (exact) mass is 322 g/mol. The fourth-order valence-electron chi connectivity index (χ4n) is 3.04. The molecule has 1 heterocycles. The van der Waals surface area contributed by atoms with E-state index in [4.69, 9.17) is 9.84 Å². The van der Waals surface area contributed by atoms with Crippen LogP contribution in [0.1, 0.15) is 24.5 Å². The molecule has 2 rings (SSSR count). The summed E-state index contributed by atoms with van der Waals surface area (Å²) in [4.78, 5) is 2.12. The molecule has 5 heteroatoms. The lowest BCUT2D eigenvalue weighted by Crippen LogP contribution is -2.15. The Morgan fingerprint density at radius 2 is 2.00 bits per heavy atom. The van der Waals surface area contributed by atoms with E-state index in [2.05, 4.69) is 4.90 Å². The van der Waals surface area contributed by atoms with E-state index < -0.39 is 0 Å². The molecule has 0 fully saturated rings. The topological polar surface area (TPSA) is 37.6 Å². The van der Waals surface area contributed by atoms with Crippen LogP contribution in [0.25, 0.3) is 10.9 Å². The molecule has 128 valence electrons. The summed E-state index contributed by atoms with van der Waals surface area (Å²) in [5.74, 6) is 0.530. The van der Waals surface area contributed by atoms with Crippen LogP contribution in [0.4, 0.5) is 4.39 Å². The van der Waals surface area contributed by atoms with Crippen LogP contribution in [0, 0.1) is 5.82 Å². The molecule has 0 radical (unpaired) electrons. The molecule has 0 aliphatic carbocycles. The van der Waals surface area contributed by atoms with Gasteiger partial charge in [0.15, 0.2) is 0 Å². The van der Waals surface area contributed by atoms with Gasteiger partial charge < -0.3 is 19.3 Å². The Morgan fingerprint density at radius 1 is 1.26 bits per heavy atom. The summed E-state index contributed by atoms with van der Waals surface area (Å²) in [5, 5.41) is 9.95. The second-order valence-corrected chi connectivity index (χ2v) is 6.10. The fourth-order valence-corrected chi connectivity index (χ4v) is 3.04. The quantitative estimate of drug-likeness (QED) is 0.812. The van der Waals surface area contributed by atoms with E-state index in [-0.39, 0.29) is 12.4 Å². The van der Waals surface area contributed by atoms with Crippen LogP contribution in [0.2, 0.25) is 0 Å². The lowest BCUT2D eigenvalue weighted by Gasteiger charge is -2.13. The molecular weight excluding hydrogens is 295 g/mol. The smallest absolute Gasteiger partial charge is 0.148 e. The molecule has 4 nitrogen and oxygen atoms in total. The number of aromatic nitrogens is 1. The van der Waals surface area contributed by atoms with Gasteiger partial charge >= 0.3 is 0 Å². The highest BCUT2D eigenvalue weighted by molar-refractivity contribution is 5.92. The number of likely N-dealkylation sites (N-methyl/N-ethyl adjacent to an activating group) is 1. The number of hydrogen-bond donors (Lipinski definition) is 1. The second kappa shape index (κ2) is 7.79. The fraction of sp³-hybridized carbons (Fsp3) is 0.556. The van der Waals surface area contributed by atoms with E-state index >= 15 is 0 Å². The highest BCUT2D eigenvalue weighted by Crippen LogP contribution is 2.37. The van der Waals surface area contributed by atoms with Crippen molar-refractivity contribution in [2.75, 3.05) is 34.4 Å². The van der Waals surface area contributed by atoms with Crippen molar-refractivity contribution in [1.29, 1.82) is 0 Å². The number of benzene rings is 1. The van der Waals surface area contributed by atoms with Crippen LogP contribution in [-0.2, 0) is 19.4 Å². The number of rotatable bonds is 8. The Bertz CT molecular complexity index is 665. The lowest BCUT2D eigenvalue weighted by atomic mass is 10.0. The van der Waals surface area contributed by atoms with Crippen molar-refractivity contribution < 1.29 is 14.2 Å². The number of nitrogens with zero attached hydrogens (tertiary/aromatic N) is 2. The number of halogens is 1. The van der Waals surface area contributed by atoms with E-state index in [0.717, 1.165) is 35.2 Å². The number of aliphatic hydroxyl groups is 1. The molecule has 0 aliphatic heterocycles. The summed E-state index contributed by atoms with van der Waals surface area (Å²) in [7, 11) is 5.70. The van der Waals surface area contributed by atoms with Gasteiger partial charge in [0.05, 0.1) is 12.6 Å². The minimum absolute atomic E-state index is 0.0896. The summed E-state index contributed by atoms with van der Waals surface area (Å²) in [6.45, 7) is 3.72. The predicted octanol–water partition coefficient (Wildman–Crippen LogP) is 2.84. The molecule has 1 N–H and O–H groups in total. The Hall–Kier alpha value is -1.59. The highest BCUT2D eigenvalue weighted by Gasteiger charge is 2.20. The molecule has 1 aromatic heterocycles. The number of aryl methyl sites for hydroxylation is 2. The zero-order chi connectivity index (χ0) is 17.0.